The van der Waals surface area contributed by atoms with Crippen molar-refractivity contribution in [1.29, 1.82) is 0 Å². The van der Waals surface area contributed by atoms with Gasteiger partial charge < -0.3 is 9.26 Å². The van der Waals surface area contributed by atoms with Crippen LogP contribution in [-0.4, -0.2) is 18.9 Å². The summed E-state index contributed by atoms with van der Waals surface area (Å²) >= 11 is 0. The van der Waals surface area contributed by atoms with Crippen molar-refractivity contribution in [3.63, 3.8) is 0 Å². The van der Waals surface area contributed by atoms with E-state index in [2.05, 4.69) is 13.8 Å². The van der Waals surface area contributed by atoms with Gasteiger partial charge in [0.1, 0.15) is 0 Å². The Morgan fingerprint density at radius 3 is 2.25 bits per heavy atom. The Bertz CT molecular complexity index is 502. The molecule has 1 rings (SSSR count). The molecule has 138 valence electrons. The van der Waals surface area contributed by atoms with Crippen LogP contribution in [0.5, 0.6) is 11.5 Å². The lowest BCUT2D eigenvalue weighted by Crippen LogP contribution is -2.08. The summed E-state index contributed by atoms with van der Waals surface area (Å²) in [7, 11) is -3.16. The monoisotopic (exact) mass is 356 g/mol. The molecule has 0 saturated heterocycles. The second-order valence-electron chi connectivity index (χ2n) is 6.29. The van der Waals surface area contributed by atoms with Gasteiger partial charge in [0.25, 0.3) is 0 Å². The molecular formula is C19H33O4P. The molecule has 0 aliphatic rings. The minimum atomic E-state index is -3.16. The predicted molar refractivity (Wildman–Crippen MR) is 100 cm³/mol. The SMILES string of the molecule is CCCCCCOP(=O)(CCCC)Oc1ccccc1OC(C)C. The molecular weight excluding hydrogens is 323 g/mol. The van der Waals surface area contributed by atoms with Gasteiger partial charge in [0.15, 0.2) is 11.5 Å². The molecule has 0 fully saturated rings. The van der Waals surface area contributed by atoms with Crippen molar-refractivity contribution >= 4 is 7.60 Å². The molecule has 0 aliphatic carbocycles. The average molecular weight is 356 g/mol. The Balaban J connectivity index is 2.75. The van der Waals surface area contributed by atoms with Crippen LogP contribution in [-0.2, 0) is 9.09 Å². The maximum Gasteiger partial charge on any atom is 0.379 e. The standard InChI is InChI=1S/C19H33O4P/c1-5-7-9-12-15-21-24(20,16-8-6-2)23-19-14-11-10-13-18(19)22-17(3)4/h10-11,13-14,17H,5-9,12,15-16H2,1-4H3. The summed E-state index contributed by atoms with van der Waals surface area (Å²) in [4.78, 5) is 0. The molecule has 1 atom stereocenters. The third-order valence-corrected chi connectivity index (χ3v) is 5.44. The van der Waals surface area contributed by atoms with Crippen LogP contribution >= 0.6 is 7.60 Å². The third-order valence-electron chi connectivity index (χ3n) is 3.52. The predicted octanol–water partition coefficient (Wildman–Crippen LogP) is 6.44. The van der Waals surface area contributed by atoms with E-state index in [9.17, 15) is 4.57 Å². The van der Waals surface area contributed by atoms with Crippen molar-refractivity contribution in [2.24, 2.45) is 0 Å². The highest BCUT2D eigenvalue weighted by molar-refractivity contribution is 7.54. The molecule has 0 spiro atoms. The zero-order chi connectivity index (χ0) is 17.8. The Morgan fingerprint density at radius 2 is 1.62 bits per heavy atom. The summed E-state index contributed by atoms with van der Waals surface area (Å²) in [5, 5.41) is 0. The summed E-state index contributed by atoms with van der Waals surface area (Å²) in [6, 6.07) is 7.36. The first kappa shape index (κ1) is 21.1. The maximum absolute atomic E-state index is 13.1. The zero-order valence-electron chi connectivity index (χ0n) is 15.6. The molecule has 24 heavy (non-hydrogen) atoms. The van der Waals surface area contributed by atoms with Crippen molar-refractivity contribution < 1.29 is 18.3 Å². The second kappa shape index (κ2) is 11.5. The van der Waals surface area contributed by atoms with Crippen molar-refractivity contribution in [3.8, 4) is 11.5 Å². The molecule has 5 heteroatoms. The highest BCUT2D eigenvalue weighted by Crippen LogP contribution is 2.51. The lowest BCUT2D eigenvalue weighted by molar-refractivity contribution is 0.226. The van der Waals surface area contributed by atoms with Crippen LogP contribution in [0.25, 0.3) is 0 Å². The van der Waals surface area contributed by atoms with Gasteiger partial charge in [0, 0.05) is 0 Å². The van der Waals surface area contributed by atoms with Crippen molar-refractivity contribution in [3.05, 3.63) is 24.3 Å². The van der Waals surface area contributed by atoms with E-state index in [1.165, 1.54) is 12.8 Å². The van der Waals surface area contributed by atoms with Crippen LogP contribution in [0.1, 0.15) is 66.2 Å². The second-order valence-corrected chi connectivity index (χ2v) is 8.40. The topological polar surface area (TPSA) is 44.8 Å². The Labute approximate surface area is 147 Å². The Kier molecular flexibility index (Phi) is 10.1. The van der Waals surface area contributed by atoms with Gasteiger partial charge in [-0.1, -0.05) is 51.7 Å². The van der Waals surface area contributed by atoms with Crippen LogP contribution < -0.4 is 9.26 Å². The summed E-state index contributed by atoms with van der Waals surface area (Å²) in [6.07, 6.45) is 6.59. The molecule has 1 aromatic rings. The highest BCUT2D eigenvalue weighted by Gasteiger charge is 2.27. The van der Waals surface area contributed by atoms with Crippen molar-refractivity contribution in [2.75, 3.05) is 12.8 Å². The van der Waals surface area contributed by atoms with E-state index in [1.54, 1.807) is 6.07 Å². The van der Waals surface area contributed by atoms with Crippen LogP contribution in [0.3, 0.4) is 0 Å². The first-order valence-electron chi connectivity index (χ1n) is 9.19. The molecule has 0 saturated carbocycles. The van der Waals surface area contributed by atoms with Gasteiger partial charge in [0.05, 0.1) is 18.9 Å². The Morgan fingerprint density at radius 1 is 0.958 bits per heavy atom. The van der Waals surface area contributed by atoms with Gasteiger partial charge >= 0.3 is 7.60 Å². The van der Waals surface area contributed by atoms with E-state index < -0.39 is 7.60 Å². The van der Waals surface area contributed by atoms with E-state index >= 15 is 0 Å². The average Bonchev–Trinajstić information content (AvgIpc) is 2.54. The first-order chi connectivity index (χ1) is 11.5. The van der Waals surface area contributed by atoms with E-state index in [-0.39, 0.29) is 6.10 Å². The first-order valence-corrected chi connectivity index (χ1v) is 10.9. The van der Waals surface area contributed by atoms with Crippen molar-refractivity contribution in [2.45, 2.75) is 72.3 Å². The molecule has 0 radical (unpaired) electrons. The number of para-hydroxylation sites is 2. The quantitative estimate of drug-likeness (QED) is 0.301. The van der Waals surface area contributed by atoms with Crippen molar-refractivity contribution in [1.82, 2.24) is 0 Å². The molecule has 1 unspecified atom stereocenters. The molecule has 4 nitrogen and oxygen atoms in total. The minimum Gasteiger partial charge on any atom is -0.487 e. The number of unbranched alkanes of at least 4 members (excludes halogenated alkanes) is 4. The van der Waals surface area contributed by atoms with E-state index in [0.717, 1.165) is 25.7 Å². The van der Waals surface area contributed by atoms with Gasteiger partial charge in [-0.3, -0.25) is 4.52 Å². The lowest BCUT2D eigenvalue weighted by Gasteiger charge is -2.21. The van der Waals surface area contributed by atoms with Gasteiger partial charge in [-0.05, 0) is 38.8 Å². The fourth-order valence-corrected chi connectivity index (χ4v) is 4.08. The Hall–Kier alpha value is -0.990. The van der Waals surface area contributed by atoms with Gasteiger partial charge in [0.2, 0.25) is 0 Å². The molecule has 0 N–H and O–H groups in total. The van der Waals surface area contributed by atoms with Crippen LogP contribution in [0, 0.1) is 0 Å². The normalized spacial score (nSPS) is 13.7. The number of rotatable bonds is 13. The summed E-state index contributed by atoms with van der Waals surface area (Å²) in [5.41, 5.74) is 0. The molecule has 1 aromatic carbocycles. The number of hydrogen-bond donors (Lipinski definition) is 0. The van der Waals surface area contributed by atoms with E-state index in [4.69, 9.17) is 13.8 Å². The summed E-state index contributed by atoms with van der Waals surface area (Å²) in [6.45, 7) is 8.63. The lowest BCUT2D eigenvalue weighted by atomic mass is 10.2. The van der Waals surface area contributed by atoms with Gasteiger partial charge in [-0.25, -0.2) is 4.57 Å². The molecule has 0 bridgehead atoms. The fourth-order valence-electron chi connectivity index (χ4n) is 2.25. The molecule has 0 amide bonds. The minimum absolute atomic E-state index is 0.0275. The van der Waals surface area contributed by atoms with Crippen LogP contribution in [0.4, 0.5) is 0 Å². The highest BCUT2D eigenvalue weighted by atomic mass is 31.2. The van der Waals surface area contributed by atoms with E-state index in [0.29, 0.717) is 24.3 Å². The largest absolute Gasteiger partial charge is 0.487 e. The summed E-state index contributed by atoms with van der Waals surface area (Å²) in [5.74, 6) is 1.11. The molecule has 0 heterocycles. The van der Waals surface area contributed by atoms with Crippen LogP contribution in [0.15, 0.2) is 24.3 Å². The fraction of sp³-hybridized carbons (Fsp3) is 0.684. The molecule has 0 aliphatic heterocycles. The zero-order valence-corrected chi connectivity index (χ0v) is 16.5. The summed E-state index contributed by atoms with van der Waals surface area (Å²) < 4.78 is 30.4. The maximum atomic E-state index is 13.1. The van der Waals surface area contributed by atoms with Crippen LogP contribution in [0.2, 0.25) is 0 Å². The number of hydrogen-bond acceptors (Lipinski definition) is 4. The number of benzene rings is 1. The van der Waals surface area contributed by atoms with Gasteiger partial charge in [-0.15, -0.1) is 0 Å². The van der Waals surface area contributed by atoms with Gasteiger partial charge in [-0.2, -0.15) is 0 Å². The van der Waals surface area contributed by atoms with E-state index in [1.807, 2.05) is 32.0 Å². The third kappa shape index (κ3) is 8.21. The number of ether oxygens (including phenoxy) is 1. The molecule has 0 aromatic heterocycles. The smallest absolute Gasteiger partial charge is 0.379 e.